The van der Waals surface area contributed by atoms with Gasteiger partial charge in [0.15, 0.2) is 0 Å². The second-order valence-electron chi connectivity index (χ2n) is 6.98. The lowest BCUT2D eigenvalue weighted by Crippen LogP contribution is -2.43. The van der Waals surface area contributed by atoms with Gasteiger partial charge in [-0.25, -0.2) is 0 Å². The van der Waals surface area contributed by atoms with E-state index in [9.17, 15) is 4.79 Å². The molecule has 0 heterocycles. The van der Waals surface area contributed by atoms with Gasteiger partial charge in [0, 0.05) is 26.1 Å². The highest BCUT2D eigenvalue weighted by atomic mass is 35.5. The lowest BCUT2D eigenvalue weighted by molar-refractivity contribution is -0.129. The standard InChI is InChI=1S/C22H38N2O2.ClH/c1-5-8-15-24(19(4)25)18-21(7-3)23-14-13-20-11-10-12-22(17-20)26-16-9-6-2;/h10-12,17,21,23H,5-9,13-16,18H2,1-4H3;1H. The number of nitrogens with zero attached hydrogens (tertiary/aromatic N) is 1. The number of nitrogens with one attached hydrogen (secondary N) is 1. The summed E-state index contributed by atoms with van der Waals surface area (Å²) in [5, 5.41) is 3.62. The van der Waals surface area contributed by atoms with Crippen LogP contribution in [-0.4, -0.2) is 43.1 Å². The van der Waals surface area contributed by atoms with Crippen molar-refractivity contribution in [1.82, 2.24) is 10.2 Å². The van der Waals surface area contributed by atoms with Crippen LogP contribution in [0, 0.1) is 0 Å². The maximum Gasteiger partial charge on any atom is 0.219 e. The summed E-state index contributed by atoms with van der Waals surface area (Å²) >= 11 is 0. The summed E-state index contributed by atoms with van der Waals surface area (Å²) in [5.41, 5.74) is 1.29. The third-order valence-corrected chi connectivity index (χ3v) is 4.67. The Morgan fingerprint density at radius 3 is 2.56 bits per heavy atom. The molecule has 0 saturated heterocycles. The molecule has 5 heteroatoms. The van der Waals surface area contributed by atoms with Crippen molar-refractivity contribution in [2.24, 2.45) is 0 Å². The monoisotopic (exact) mass is 398 g/mol. The smallest absolute Gasteiger partial charge is 0.219 e. The Morgan fingerprint density at radius 1 is 1.19 bits per heavy atom. The molecular weight excluding hydrogens is 360 g/mol. The van der Waals surface area contributed by atoms with Crippen LogP contribution in [-0.2, 0) is 11.2 Å². The van der Waals surface area contributed by atoms with E-state index < -0.39 is 0 Å². The van der Waals surface area contributed by atoms with Crippen molar-refractivity contribution in [1.29, 1.82) is 0 Å². The van der Waals surface area contributed by atoms with Crippen LogP contribution in [0.3, 0.4) is 0 Å². The molecule has 0 spiro atoms. The molecule has 0 bridgehead atoms. The van der Waals surface area contributed by atoms with Gasteiger partial charge in [-0.3, -0.25) is 4.79 Å². The number of benzene rings is 1. The minimum absolute atomic E-state index is 0. The van der Waals surface area contributed by atoms with E-state index >= 15 is 0 Å². The first-order chi connectivity index (χ1) is 12.6. The maximum absolute atomic E-state index is 11.8. The van der Waals surface area contributed by atoms with Crippen LogP contribution in [0.5, 0.6) is 5.75 Å². The third-order valence-electron chi connectivity index (χ3n) is 4.67. The summed E-state index contributed by atoms with van der Waals surface area (Å²) in [4.78, 5) is 13.8. The quantitative estimate of drug-likeness (QED) is 0.455. The molecule has 0 aliphatic rings. The summed E-state index contributed by atoms with van der Waals surface area (Å²) in [6.45, 7) is 11.5. The molecule has 0 aromatic heterocycles. The van der Waals surface area contributed by atoms with E-state index in [0.29, 0.717) is 6.04 Å². The zero-order valence-electron chi connectivity index (χ0n) is 17.6. The van der Waals surface area contributed by atoms with Crippen LogP contribution in [0.1, 0.15) is 65.4 Å². The fourth-order valence-electron chi connectivity index (χ4n) is 2.88. The van der Waals surface area contributed by atoms with Gasteiger partial charge in [-0.15, -0.1) is 12.4 Å². The average molecular weight is 399 g/mol. The molecule has 1 atom stereocenters. The van der Waals surface area contributed by atoms with Gasteiger partial charge in [-0.2, -0.15) is 0 Å². The number of unbranched alkanes of at least 4 members (excludes halogenated alkanes) is 2. The van der Waals surface area contributed by atoms with Crippen LogP contribution < -0.4 is 10.1 Å². The van der Waals surface area contributed by atoms with E-state index in [1.54, 1.807) is 6.92 Å². The first-order valence-electron chi connectivity index (χ1n) is 10.3. The van der Waals surface area contributed by atoms with Gasteiger partial charge >= 0.3 is 0 Å². The lowest BCUT2D eigenvalue weighted by Gasteiger charge is -2.27. The molecule has 1 unspecified atom stereocenters. The highest BCUT2D eigenvalue weighted by Gasteiger charge is 2.14. The normalized spacial score (nSPS) is 11.6. The van der Waals surface area contributed by atoms with E-state index in [-0.39, 0.29) is 18.3 Å². The number of rotatable bonds is 14. The first-order valence-corrected chi connectivity index (χ1v) is 10.3. The van der Waals surface area contributed by atoms with Gasteiger partial charge in [0.1, 0.15) is 5.75 Å². The molecule has 1 aromatic rings. The van der Waals surface area contributed by atoms with Crippen LogP contribution in [0.4, 0.5) is 0 Å². The second-order valence-corrected chi connectivity index (χ2v) is 6.98. The Labute approximate surface area is 172 Å². The van der Waals surface area contributed by atoms with Crippen molar-refractivity contribution in [3.63, 3.8) is 0 Å². The predicted octanol–water partition coefficient (Wildman–Crippen LogP) is 4.85. The minimum atomic E-state index is 0. The van der Waals surface area contributed by atoms with Gasteiger partial charge in [0.2, 0.25) is 5.91 Å². The highest BCUT2D eigenvalue weighted by molar-refractivity contribution is 5.85. The zero-order chi connectivity index (χ0) is 19.2. The minimum Gasteiger partial charge on any atom is -0.494 e. The van der Waals surface area contributed by atoms with Crippen LogP contribution >= 0.6 is 12.4 Å². The molecule has 156 valence electrons. The molecule has 0 saturated carbocycles. The van der Waals surface area contributed by atoms with Gasteiger partial charge in [-0.05, 0) is 49.9 Å². The summed E-state index contributed by atoms with van der Waals surface area (Å²) in [5.74, 6) is 1.14. The molecule has 27 heavy (non-hydrogen) atoms. The van der Waals surface area contributed by atoms with Crippen molar-refractivity contribution in [2.45, 2.75) is 72.3 Å². The largest absolute Gasteiger partial charge is 0.494 e. The Morgan fingerprint density at radius 2 is 1.93 bits per heavy atom. The fraction of sp³-hybridized carbons (Fsp3) is 0.682. The van der Waals surface area contributed by atoms with Crippen molar-refractivity contribution in [3.8, 4) is 5.75 Å². The topological polar surface area (TPSA) is 41.6 Å². The fourth-order valence-corrected chi connectivity index (χ4v) is 2.88. The van der Waals surface area contributed by atoms with Crippen LogP contribution in [0.15, 0.2) is 24.3 Å². The Balaban J connectivity index is 0.00000676. The van der Waals surface area contributed by atoms with Gasteiger partial charge in [-0.1, -0.05) is 45.7 Å². The number of hydrogen-bond acceptors (Lipinski definition) is 3. The third kappa shape index (κ3) is 11.2. The number of hydrogen-bond donors (Lipinski definition) is 1. The molecule has 0 aliphatic heterocycles. The summed E-state index contributed by atoms with van der Waals surface area (Å²) in [7, 11) is 0. The molecule has 1 aromatic carbocycles. The summed E-state index contributed by atoms with van der Waals surface area (Å²) in [6.07, 6.45) is 6.42. The summed E-state index contributed by atoms with van der Waals surface area (Å²) < 4.78 is 5.79. The van der Waals surface area contributed by atoms with Crippen molar-refractivity contribution in [2.75, 3.05) is 26.2 Å². The Kier molecular flexibility index (Phi) is 15.0. The van der Waals surface area contributed by atoms with Crippen LogP contribution in [0.25, 0.3) is 0 Å². The number of amides is 1. The van der Waals surface area contributed by atoms with Gasteiger partial charge in [0.05, 0.1) is 6.61 Å². The number of carbonyl (C=O) groups excluding carboxylic acids is 1. The van der Waals surface area contributed by atoms with Crippen LogP contribution in [0.2, 0.25) is 0 Å². The number of carbonyl (C=O) groups is 1. The molecule has 1 rings (SSSR count). The molecule has 0 fully saturated rings. The maximum atomic E-state index is 11.8. The Hall–Kier alpha value is -1.26. The van der Waals surface area contributed by atoms with E-state index in [1.807, 2.05) is 11.0 Å². The second kappa shape index (κ2) is 15.8. The van der Waals surface area contributed by atoms with E-state index in [0.717, 1.165) is 70.5 Å². The van der Waals surface area contributed by atoms with E-state index in [4.69, 9.17) is 4.74 Å². The summed E-state index contributed by atoms with van der Waals surface area (Å²) in [6, 6.07) is 8.73. The average Bonchev–Trinajstić information content (AvgIpc) is 2.64. The number of halogens is 1. The van der Waals surface area contributed by atoms with E-state index in [2.05, 4.69) is 44.3 Å². The van der Waals surface area contributed by atoms with Crippen molar-refractivity contribution in [3.05, 3.63) is 29.8 Å². The molecule has 4 nitrogen and oxygen atoms in total. The highest BCUT2D eigenvalue weighted by Crippen LogP contribution is 2.14. The lowest BCUT2D eigenvalue weighted by atomic mass is 10.1. The molecule has 1 N–H and O–H groups in total. The van der Waals surface area contributed by atoms with Crippen molar-refractivity contribution >= 4 is 18.3 Å². The molecule has 0 aliphatic carbocycles. The van der Waals surface area contributed by atoms with Gasteiger partial charge < -0.3 is 15.0 Å². The van der Waals surface area contributed by atoms with E-state index in [1.165, 1.54) is 5.56 Å². The molecular formula is C22H39ClN2O2. The predicted molar refractivity (Wildman–Crippen MR) is 117 cm³/mol. The SMILES string of the molecule is CCCCOc1cccc(CCNC(CC)CN(CCCC)C(C)=O)c1.Cl. The molecule has 1 amide bonds. The van der Waals surface area contributed by atoms with Crippen molar-refractivity contribution < 1.29 is 9.53 Å². The first kappa shape index (κ1) is 25.7. The Bertz CT molecular complexity index is 511. The molecule has 0 radical (unpaired) electrons. The number of ether oxygens (including phenoxy) is 1. The zero-order valence-corrected chi connectivity index (χ0v) is 18.4. The van der Waals surface area contributed by atoms with Gasteiger partial charge in [0.25, 0.3) is 0 Å².